The van der Waals surface area contributed by atoms with Gasteiger partial charge >= 0.3 is 12.2 Å². The van der Waals surface area contributed by atoms with Gasteiger partial charge in [0.05, 0.1) is 22.3 Å². The van der Waals surface area contributed by atoms with Gasteiger partial charge in [-0.25, -0.2) is 8.78 Å². The minimum Gasteiger partial charge on any atom is -0.463 e. The Balaban J connectivity index is 0.00000198. The average molecular weight is 607 g/mol. The maximum absolute atomic E-state index is 16.3. The summed E-state index contributed by atoms with van der Waals surface area (Å²) >= 11 is 0.658. The van der Waals surface area contributed by atoms with Crippen molar-refractivity contribution in [2.75, 3.05) is 30.3 Å². The number of nitrogen functional groups attached to an aromatic ring is 1. The first-order chi connectivity index (χ1) is 20.0. The summed E-state index contributed by atoms with van der Waals surface area (Å²) in [6.45, 7) is 10.4. The summed E-state index contributed by atoms with van der Waals surface area (Å²) in [5, 5.41) is 12.5. The van der Waals surface area contributed by atoms with Crippen LogP contribution >= 0.6 is 11.3 Å². The van der Waals surface area contributed by atoms with Crippen LogP contribution in [0.25, 0.3) is 22.8 Å². The molecule has 13 heteroatoms. The number of nitrogens with two attached hydrogens (primary N) is 1. The van der Waals surface area contributed by atoms with Crippen LogP contribution in [-0.2, 0) is 6.18 Å². The number of rotatable bonds is 6. The van der Waals surface area contributed by atoms with Gasteiger partial charge in [-0.05, 0) is 37.5 Å². The topological polar surface area (TPSA) is 100 Å². The van der Waals surface area contributed by atoms with Gasteiger partial charge in [0.25, 0.3) is 0 Å². The number of alkyl halides is 3. The molecule has 2 aliphatic heterocycles. The fourth-order valence-electron chi connectivity index (χ4n) is 5.18. The highest BCUT2D eigenvalue weighted by atomic mass is 32.1. The zero-order valence-electron chi connectivity index (χ0n) is 23.4. The molecular formula is C29H31F5N6OS. The summed E-state index contributed by atoms with van der Waals surface area (Å²) < 4.78 is 79.6. The molecule has 2 saturated heterocycles. The van der Waals surface area contributed by atoms with Crippen LogP contribution in [-0.4, -0.2) is 41.7 Å². The second kappa shape index (κ2) is 12.6. The van der Waals surface area contributed by atoms with Gasteiger partial charge in [-0.2, -0.15) is 28.4 Å². The third-order valence-corrected chi connectivity index (χ3v) is 8.00. The minimum atomic E-state index is -5.01. The number of piperazine rings is 1. The number of allylic oxidation sites excluding steroid dienone is 1. The zero-order valence-corrected chi connectivity index (χ0v) is 24.2. The predicted molar refractivity (Wildman–Crippen MR) is 155 cm³/mol. The van der Waals surface area contributed by atoms with Crippen molar-refractivity contribution < 1.29 is 26.7 Å². The quantitative estimate of drug-likeness (QED) is 0.375. The van der Waals surface area contributed by atoms with Gasteiger partial charge in [-0.3, -0.25) is 0 Å². The third-order valence-electron chi connectivity index (χ3n) is 6.95. The molecule has 3 aromatic rings. The molecule has 5 rings (SSSR count). The number of benzene rings is 1. The lowest BCUT2D eigenvalue weighted by Crippen LogP contribution is -2.51. The van der Waals surface area contributed by atoms with Crippen molar-refractivity contribution in [1.29, 1.82) is 5.26 Å². The molecule has 2 unspecified atom stereocenters. The molecule has 0 aliphatic carbocycles. The Labute approximate surface area is 243 Å². The lowest BCUT2D eigenvalue weighted by atomic mass is 10.00. The van der Waals surface area contributed by atoms with Gasteiger partial charge in [-0.1, -0.05) is 27.4 Å². The smallest absolute Gasteiger partial charge is 0.417 e. The summed E-state index contributed by atoms with van der Waals surface area (Å²) in [5.41, 5.74) is 2.98. The van der Waals surface area contributed by atoms with E-state index in [0.29, 0.717) is 30.8 Å². The van der Waals surface area contributed by atoms with E-state index >= 15 is 4.39 Å². The van der Waals surface area contributed by atoms with Crippen LogP contribution in [0, 0.1) is 17.1 Å². The molecule has 0 amide bonds. The third kappa shape index (κ3) is 5.91. The van der Waals surface area contributed by atoms with E-state index in [4.69, 9.17) is 10.5 Å². The van der Waals surface area contributed by atoms with Crippen LogP contribution in [0.5, 0.6) is 6.01 Å². The van der Waals surface area contributed by atoms with E-state index < -0.39 is 28.9 Å². The predicted octanol–water partition coefficient (Wildman–Crippen LogP) is 5.15. The van der Waals surface area contributed by atoms with E-state index in [2.05, 4.69) is 21.9 Å². The van der Waals surface area contributed by atoms with E-state index in [1.807, 2.05) is 25.7 Å². The molecule has 2 fully saturated rings. The van der Waals surface area contributed by atoms with Crippen LogP contribution in [0.15, 0.2) is 18.7 Å². The molecule has 3 N–H and O–H groups in total. The number of hydrogen-bond acceptors (Lipinski definition) is 8. The first-order valence-corrected chi connectivity index (χ1v) is 14.4. The first-order valence-electron chi connectivity index (χ1n) is 13.6. The van der Waals surface area contributed by atoms with E-state index in [0.717, 1.165) is 31.1 Å². The molecule has 0 spiro atoms. The van der Waals surface area contributed by atoms with Crippen molar-refractivity contribution >= 4 is 45.0 Å². The van der Waals surface area contributed by atoms with Gasteiger partial charge in [0.15, 0.2) is 5.82 Å². The molecule has 224 valence electrons. The number of fused-ring (bicyclic) bond motifs is 3. The average Bonchev–Trinajstić information content (AvgIpc) is 3.49. The summed E-state index contributed by atoms with van der Waals surface area (Å²) in [6.07, 6.45) is -0.948. The Morgan fingerprint density at radius 3 is 2.52 bits per heavy atom. The molecular weight excluding hydrogens is 575 g/mol. The largest absolute Gasteiger partial charge is 0.463 e. The number of ether oxygens (including phenoxy) is 1. The standard InChI is InChI=1S/C27H25F5N6OS.C2H6/c1-3-7-39-26-36-22-17(25(37-26)38-11-13-5-6-14(12-38)35-13)9-19(27(30,31)32)16(21(22)29)8-15-18(10-33)24(34)40-23(15)20(28)4-2;1-2/h4,8-9,13-14,35H,2-3,5-7,11-12,34H2,1H3;1-2H3/b15-8+,23-20-;. The van der Waals surface area contributed by atoms with Crippen molar-refractivity contribution in [3.05, 3.63) is 51.0 Å². The van der Waals surface area contributed by atoms with Gasteiger partial charge in [0.1, 0.15) is 28.2 Å². The monoisotopic (exact) mass is 606 g/mol. The lowest BCUT2D eigenvalue weighted by Gasteiger charge is -2.34. The van der Waals surface area contributed by atoms with Crippen LogP contribution in [0.2, 0.25) is 0 Å². The van der Waals surface area contributed by atoms with Crippen molar-refractivity contribution in [2.24, 2.45) is 0 Å². The highest BCUT2D eigenvalue weighted by molar-refractivity contribution is 7.14. The molecule has 4 heterocycles. The van der Waals surface area contributed by atoms with Gasteiger partial charge in [0.2, 0.25) is 0 Å². The minimum absolute atomic E-state index is 0.122. The Kier molecular flexibility index (Phi) is 9.37. The number of halogens is 5. The Morgan fingerprint density at radius 2 is 1.95 bits per heavy atom. The fourth-order valence-corrected chi connectivity index (χ4v) is 6.11. The molecule has 2 atom stereocenters. The number of aromatic nitrogens is 2. The SMILES string of the molecule is C=C/C(F)=c1/sc(N)c(C#N)/c1=C\c1c(C(F)(F)F)cc2c(N3CC4CCC(C3)N4)nc(OCCC)nc2c1F.CC. The van der Waals surface area contributed by atoms with E-state index in [-0.39, 0.29) is 61.7 Å². The van der Waals surface area contributed by atoms with E-state index in [9.17, 15) is 22.8 Å². The van der Waals surface area contributed by atoms with Crippen molar-refractivity contribution in [3.63, 3.8) is 0 Å². The summed E-state index contributed by atoms with van der Waals surface area (Å²) in [5.74, 6) is -2.06. The maximum Gasteiger partial charge on any atom is 0.417 e. The first kappa shape index (κ1) is 31.2. The Morgan fingerprint density at radius 1 is 1.29 bits per heavy atom. The van der Waals surface area contributed by atoms with Crippen molar-refractivity contribution in [1.82, 2.24) is 15.3 Å². The molecule has 2 aromatic heterocycles. The van der Waals surface area contributed by atoms with Crippen LogP contribution < -0.4 is 30.4 Å². The van der Waals surface area contributed by atoms with Gasteiger partial charge < -0.3 is 20.7 Å². The van der Waals surface area contributed by atoms with E-state index in [1.165, 1.54) is 0 Å². The highest BCUT2D eigenvalue weighted by Gasteiger charge is 2.38. The van der Waals surface area contributed by atoms with Crippen molar-refractivity contribution in [3.8, 4) is 12.1 Å². The fraction of sp³-hybridized carbons (Fsp3) is 0.414. The summed E-state index contributed by atoms with van der Waals surface area (Å²) in [7, 11) is 0. The second-order valence-corrected chi connectivity index (χ2v) is 10.7. The van der Waals surface area contributed by atoms with Crippen LogP contribution in [0.4, 0.5) is 32.8 Å². The summed E-state index contributed by atoms with van der Waals surface area (Å²) in [4.78, 5) is 10.4. The molecule has 2 bridgehead atoms. The number of thiophene rings is 1. The highest BCUT2D eigenvalue weighted by Crippen LogP contribution is 2.40. The van der Waals surface area contributed by atoms with Gasteiger partial charge in [0, 0.05) is 41.3 Å². The number of nitrogens with zero attached hydrogens (tertiary/aromatic N) is 4. The van der Waals surface area contributed by atoms with Crippen LogP contribution in [0.3, 0.4) is 0 Å². The normalized spacial score (nSPS) is 19.3. The second-order valence-electron chi connectivity index (χ2n) is 9.66. The number of nitriles is 1. The summed E-state index contributed by atoms with van der Waals surface area (Å²) in [6, 6.07) is 2.68. The number of anilines is 2. The Bertz CT molecular complexity index is 1650. The molecule has 0 saturated carbocycles. The molecule has 2 aliphatic rings. The number of hydrogen-bond donors (Lipinski definition) is 2. The molecule has 7 nitrogen and oxygen atoms in total. The Hall–Kier alpha value is -3.76. The van der Waals surface area contributed by atoms with Gasteiger partial charge in [-0.15, -0.1) is 11.3 Å². The lowest BCUT2D eigenvalue weighted by molar-refractivity contribution is -0.137. The molecule has 1 aromatic carbocycles. The zero-order chi connectivity index (χ0) is 30.8. The maximum atomic E-state index is 16.3. The number of nitrogens with one attached hydrogen (secondary N) is 1. The van der Waals surface area contributed by atoms with Crippen LogP contribution in [0.1, 0.15) is 56.7 Å². The van der Waals surface area contributed by atoms with Crippen molar-refractivity contribution in [2.45, 2.75) is 58.3 Å². The molecule has 0 radical (unpaired) electrons. The van der Waals surface area contributed by atoms with E-state index in [1.54, 1.807) is 6.07 Å². The molecule has 42 heavy (non-hydrogen) atoms.